The molecule has 1 aromatic heterocycles. The smallest absolute Gasteiger partial charge is 0.259 e. The molecule has 6 heteroatoms. The fraction of sp³-hybridized carbons (Fsp3) is 0.0588. The molecule has 1 amide bonds. The van der Waals surface area contributed by atoms with Crippen molar-refractivity contribution in [3.05, 3.63) is 60.3 Å². The second-order valence-electron chi connectivity index (χ2n) is 4.86. The molecule has 116 valence electrons. The summed E-state index contributed by atoms with van der Waals surface area (Å²) in [6, 6.07) is 13.8. The van der Waals surface area contributed by atoms with Crippen LogP contribution in [0.15, 0.2) is 54.7 Å². The molecule has 0 spiro atoms. The number of amides is 1. The summed E-state index contributed by atoms with van der Waals surface area (Å²) in [5, 5.41) is 19.2. The van der Waals surface area contributed by atoms with Crippen LogP contribution in [0, 0.1) is 0 Å². The van der Waals surface area contributed by atoms with Crippen LogP contribution < -0.4 is 10.1 Å². The summed E-state index contributed by atoms with van der Waals surface area (Å²) in [7, 11) is 1.59. The molecule has 0 saturated heterocycles. The van der Waals surface area contributed by atoms with Crippen LogP contribution in [0.1, 0.15) is 10.4 Å². The van der Waals surface area contributed by atoms with Crippen molar-refractivity contribution in [2.45, 2.75) is 0 Å². The number of methoxy groups -OCH3 is 1. The molecule has 0 fully saturated rings. The molecule has 6 nitrogen and oxygen atoms in total. The monoisotopic (exact) mass is 309 g/mol. The van der Waals surface area contributed by atoms with Crippen molar-refractivity contribution in [2.75, 3.05) is 12.4 Å². The minimum atomic E-state index is -0.355. The molecule has 0 radical (unpaired) electrons. The number of phenolic OH excluding ortho intramolecular Hbond substituents is 1. The molecule has 3 aromatic rings. The quantitative estimate of drug-likeness (QED) is 0.646. The number of phenols is 1. The SMILES string of the molecule is COc1ccc(-c2[nH]ncc2C(=O)Nc2ccccc2O)cc1. The van der Waals surface area contributed by atoms with Crippen molar-refractivity contribution in [3.8, 4) is 22.8 Å². The Kier molecular flexibility index (Phi) is 3.97. The first kappa shape index (κ1) is 14.6. The lowest BCUT2D eigenvalue weighted by atomic mass is 10.1. The van der Waals surface area contributed by atoms with E-state index < -0.39 is 0 Å². The summed E-state index contributed by atoms with van der Waals surface area (Å²) < 4.78 is 5.12. The summed E-state index contributed by atoms with van der Waals surface area (Å²) in [5.41, 5.74) is 2.14. The zero-order valence-corrected chi connectivity index (χ0v) is 12.4. The highest BCUT2D eigenvalue weighted by atomic mass is 16.5. The molecule has 3 rings (SSSR count). The van der Waals surface area contributed by atoms with Crippen LogP contribution in [0.5, 0.6) is 11.5 Å². The van der Waals surface area contributed by atoms with E-state index in [1.807, 2.05) is 12.1 Å². The number of aromatic hydroxyl groups is 1. The third-order valence-electron chi connectivity index (χ3n) is 3.41. The number of H-pyrrole nitrogens is 1. The topological polar surface area (TPSA) is 87.2 Å². The van der Waals surface area contributed by atoms with Gasteiger partial charge in [0.2, 0.25) is 0 Å². The molecule has 2 aromatic carbocycles. The maximum atomic E-state index is 12.4. The Bertz CT molecular complexity index is 825. The number of ether oxygens (including phenoxy) is 1. The number of aromatic amines is 1. The summed E-state index contributed by atoms with van der Waals surface area (Å²) in [6.45, 7) is 0. The highest BCUT2D eigenvalue weighted by Gasteiger charge is 2.16. The van der Waals surface area contributed by atoms with Crippen LogP contribution in [0.25, 0.3) is 11.3 Å². The summed E-state index contributed by atoms with van der Waals surface area (Å²) in [5.74, 6) is 0.384. The van der Waals surface area contributed by atoms with Crippen LogP contribution in [-0.2, 0) is 0 Å². The molecule has 1 heterocycles. The Morgan fingerprint density at radius 3 is 2.61 bits per heavy atom. The van der Waals surface area contributed by atoms with Crippen molar-refractivity contribution in [1.29, 1.82) is 0 Å². The number of hydrogen-bond acceptors (Lipinski definition) is 4. The molecular weight excluding hydrogens is 294 g/mol. The minimum absolute atomic E-state index is 0.00958. The first-order valence-corrected chi connectivity index (χ1v) is 6.96. The van der Waals surface area contributed by atoms with Gasteiger partial charge in [-0.3, -0.25) is 9.89 Å². The van der Waals surface area contributed by atoms with E-state index >= 15 is 0 Å². The molecule has 0 aliphatic carbocycles. The molecule has 0 aliphatic heterocycles. The zero-order valence-electron chi connectivity index (χ0n) is 12.4. The van der Waals surface area contributed by atoms with E-state index in [-0.39, 0.29) is 11.7 Å². The van der Waals surface area contributed by atoms with Gasteiger partial charge in [0, 0.05) is 5.56 Å². The average Bonchev–Trinajstić information content (AvgIpc) is 3.07. The Hall–Kier alpha value is -3.28. The summed E-state index contributed by atoms with van der Waals surface area (Å²) >= 11 is 0. The van der Waals surface area contributed by atoms with Gasteiger partial charge in [0.05, 0.1) is 30.3 Å². The number of hydrogen-bond donors (Lipinski definition) is 3. The number of nitrogens with one attached hydrogen (secondary N) is 2. The molecule has 0 aliphatic rings. The number of benzene rings is 2. The molecule has 23 heavy (non-hydrogen) atoms. The van der Waals surface area contributed by atoms with Gasteiger partial charge < -0.3 is 15.2 Å². The molecule has 0 unspecified atom stereocenters. The van der Waals surface area contributed by atoms with Gasteiger partial charge in [-0.25, -0.2) is 0 Å². The minimum Gasteiger partial charge on any atom is -0.506 e. The van der Waals surface area contributed by atoms with Gasteiger partial charge in [-0.1, -0.05) is 12.1 Å². The van der Waals surface area contributed by atoms with E-state index in [9.17, 15) is 9.90 Å². The van der Waals surface area contributed by atoms with Gasteiger partial charge in [-0.2, -0.15) is 5.10 Å². The Balaban J connectivity index is 1.88. The maximum absolute atomic E-state index is 12.4. The van der Waals surface area contributed by atoms with E-state index in [1.54, 1.807) is 37.4 Å². The van der Waals surface area contributed by atoms with Crippen LogP contribution in [0.2, 0.25) is 0 Å². The van der Waals surface area contributed by atoms with E-state index in [0.717, 1.165) is 11.3 Å². The zero-order chi connectivity index (χ0) is 16.2. The lowest BCUT2D eigenvalue weighted by Crippen LogP contribution is -2.12. The fourth-order valence-corrected chi connectivity index (χ4v) is 2.21. The highest BCUT2D eigenvalue weighted by Crippen LogP contribution is 2.26. The maximum Gasteiger partial charge on any atom is 0.259 e. The lowest BCUT2D eigenvalue weighted by molar-refractivity contribution is 0.102. The molecule has 0 bridgehead atoms. The Morgan fingerprint density at radius 2 is 1.91 bits per heavy atom. The first-order chi connectivity index (χ1) is 11.2. The van der Waals surface area contributed by atoms with Crippen LogP contribution in [0.4, 0.5) is 5.69 Å². The number of anilines is 1. The van der Waals surface area contributed by atoms with Crippen LogP contribution in [0.3, 0.4) is 0 Å². The van der Waals surface area contributed by atoms with E-state index in [0.29, 0.717) is 16.9 Å². The summed E-state index contributed by atoms with van der Waals surface area (Å²) in [4.78, 5) is 12.4. The number of para-hydroxylation sites is 2. The number of carbonyl (C=O) groups is 1. The highest BCUT2D eigenvalue weighted by molar-refractivity contribution is 6.08. The lowest BCUT2D eigenvalue weighted by Gasteiger charge is -2.08. The van der Waals surface area contributed by atoms with Gasteiger partial charge in [-0.15, -0.1) is 0 Å². The van der Waals surface area contributed by atoms with Gasteiger partial charge >= 0.3 is 0 Å². The fourth-order valence-electron chi connectivity index (χ4n) is 2.21. The van der Waals surface area contributed by atoms with Crippen molar-refractivity contribution < 1.29 is 14.6 Å². The Labute approximate surface area is 132 Å². The normalized spacial score (nSPS) is 10.3. The Morgan fingerprint density at radius 1 is 1.17 bits per heavy atom. The number of rotatable bonds is 4. The van der Waals surface area contributed by atoms with Gasteiger partial charge in [0.15, 0.2) is 0 Å². The van der Waals surface area contributed by atoms with Crippen molar-refractivity contribution >= 4 is 11.6 Å². The van der Waals surface area contributed by atoms with E-state index in [4.69, 9.17) is 4.74 Å². The second-order valence-corrected chi connectivity index (χ2v) is 4.86. The number of nitrogens with zero attached hydrogens (tertiary/aromatic N) is 1. The molecular formula is C17H15N3O3. The third-order valence-corrected chi connectivity index (χ3v) is 3.41. The van der Waals surface area contributed by atoms with Crippen molar-refractivity contribution in [3.63, 3.8) is 0 Å². The number of aromatic nitrogens is 2. The van der Waals surface area contributed by atoms with Crippen LogP contribution in [-0.4, -0.2) is 28.3 Å². The van der Waals surface area contributed by atoms with E-state index in [1.165, 1.54) is 12.3 Å². The van der Waals surface area contributed by atoms with Crippen LogP contribution >= 0.6 is 0 Å². The molecule has 3 N–H and O–H groups in total. The van der Waals surface area contributed by atoms with Gasteiger partial charge in [-0.05, 0) is 36.4 Å². The van der Waals surface area contributed by atoms with E-state index in [2.05, 4.69) is 15.5 Å². The van der Waals surface area contributed by atoms with Crippen molar-refractivity contribution in [2.24, 2.45) is 0 Å². The van der Waals surface area contributed by atoms with Crippen molar-refractivity contribution in [1.82, 2.24) is 10.2 Å². The second kappa shape index (κ2) is 6.23. The predicted octanol–water partition coefficient (Wildman–Crippen LogP) is 3.04. The number of carbonyl (C=O) groups excluding carboxylic acids is 1. The largest absolute Gasteiger partial charge is 0.506 e. The third kappa shape index (κ3) is 3.01. The first-order valence-electron chi connectivity index (χ1n) is 6.96. The average molecular weight is 309 g/mol. The van der Waals surface area contributed by atoms with Gasteiger partial charge in [0.1, 0.15) is 11.5 Å². The molecule has 0 atom stereocenters. The predicted molar refractivity (Wildman–Crippen MR) is 86.6 cm³/mol. The standard InChI is InChI=1S/C17H15N3O3/c1-23-12-8-6-11(7-9-12)16-13(10-18-20-16)17(22)19-14-4-2-3-5-15(14)21/h2-10,21H,1H3,(H,18,20)(H,19,22). The summed E-state index contributed by atoms with van der Waals surface area (Å²) in [6.07, 6.45) is 1.45. The van der Waals surface area contributed by atoms with Gasteiger partial charge in [0.25, 0.3) is 5.91 Å². The molecule has 0 saturated carbocycles.